The minimum Gasteiger partial charge on any atom is -0.465 e. The average molecular weight is 262 g/mol. The van der Waals surface area contributed by atoms with E-state index in [9.17, 15) is 14.9 Å². The third kappa shape index (κ3) is 2.73. The first kappa shape index (κ1) is 13.1. The van der Waals surface area contributed by atoms with E-state index in [4.69, 9.17) is 4.74 Å². The monoisotopic (exact) mass is 262 g/mol. The number of fused-ring (bicyclic) bond motifs is 1. The summed E-state index contributed by atoms with van der Waals surface area (Å²) in [7, 11) is 0. The van der Waals surface area contributed by atoms with Crippen LogP contribution in [-0.4, -0.2) is 29.0 Å². The van der Waals surface area contributed by atoms with Gasteiger partial charge in [0.25, 0.3) is 0 Å². The zero-order valence-electron chi connectivity index (χ0n) is 10.5. The maximum absolute atomic E-state index is 11.9. The van der Waals surface area contributed by atoms with Gasteiger partial charge in [-0.25, -0.2) is 0 Å². The van der Waals surface area contributed by atoms with Crippen LogP contribution < -0.4 is 0 Å². The van der Waals surface area contributed by atoms with Crippen molar-refractivity contribution in [1.82, 2.24) is 4.98 Å². The van der Waals surface area contributed by atoms with E-state index < -0.39 is 23.4 Å². The second-order valence-electron chi connectivity index (χ2n) is 4.11. The van der Waals surface area contributed by atoms with Gasteiger partial charge in [0.1, 0.15) is 5.92 Å². The van der Waals surface area contributed by atoms with Crippen molar-refractivity contribution in [3.05, 3.63) is 46.1 Å². The number of carbonyl (C=O) groups excluding carboxylic acids is 1. The summed E-state index contributed by atoms with van der Waals surface area (Å²) >= 11 is 0. The molecule has 6 nitrogen and oxygen atoms in total. The minimum absolute atomic E-state index is 0.204. The van der Waals surface area contributed by atoms with Crippen molar-refractivity contribution in [3.8, 4) is 0 Å². The summed E-state index contributed by atoms with van der Waals surface area (Å²) in [5.74, 6) is -1.45. The second-order valence-corrected chi connectivity index (χ2v) is 4.11. The van der Waals surface area contributed by atoms with Gasteiger partial charge in [-0.1, -0.05) is 18.2 Å². The highest BCUT2D eigenvalue weighted by Crippen LogP contribution is 2.26. The number of H-pyrrole nitrogens is 1. The molecule has 0 aliphatic heterocycles. The molecule has 0 saturated carbocycles. The van der Waals surface area contributed by atoms with E-state index in [-0.39, 0.29) is 6.61 Å². The third-order valence-corrected chi connectivity index (χ3v) is 2.90. The highest BCUT2D eigenvalue weighted by atomic mass is 16.6. The Labute approximate surface area is 109 Å². The number of para-hydroxylation sites is 1. The van der Waals surface area contributed by atoms with Crippen molar-refractivity contribution in [2.75, 3.05) is 13.2 Å². The van der Waals surface area contributed by atoms with Crippen molar-refractivity contribution in [2.45, 2.75) is 12.8 Å². The van der Waals surface area contributed by atoms with Gasteiger partial charge in [0, 0.05) is 22.0 Å². The number of aromatic nitrogens is 1. The predicted octanol–water partition coefficient (Wildman–Crippen LogP) is 2.09. The molecule has 0 fully saturated rings. The van der Waals surface area contributed by atoms with Gasteiger partial charge >= 0.3 is 5.97 Å². The van der Waals surface area contributed by atoms with Crippen LogP contribution in [0.4, 0.5) is 0 Å². The molecule has 1 aromatic carbocycles. The normalized spacial score (nSPS) is 12.3. The Morgan fingerprint density at radius 3 is 2.89 bits per heavy atom. The van der Waals surface area contributed by atoms with Crippen LogP contribution in [0.25, 0.3) is 10.9 Å². The molecule has 2 aromatic rings. The van der Waals surface area contributed by atoms with Gasteiger partial charge in [-0.3, -0.25) is 14.9 Å². The molecule has 2 rings (SSSR count). The molecule has 1 heterocycles. The van der Waals surface area contributed by atoms with Crippen molar-refractivity contribution >= 4 is 16.9 Å². The first-order chi connectivity index (χ1) is 9.13. The number of aromatic amines is 1. The fraction of sp³-hybridized carbons (Fsp3) is 0.308. The lowest BCUT2D eigenvalue weighted by molar-refractivity contribution is -0.481. The van der Waals surface area contributed by atoms with Crippen LogP contribution in [0.5, 0.6) is 0 Å². The van der Waals surface area contributed by atoms with E-state index in [0.717, 1.165) is 10.9 Å². The summed E-state index contributed by atoms with van der Waals surface area (Å²) in [5.41, 5.74) is 1.45. The molecule has 1 N–H and O–H groups in total. The predicted molar refractivity (Wildman–Crippen MR) is 69.5 cm³/mol. The van der Waals surface area contributed by atoms with Crippen LogP contribution in [-0.2, 0) is 9.53 Å². The number of benzene rings is 1. The molecule has 0 bridgehead atoms. The number of nitro groups is 1. The topological polar surface area (TPSA) is 85.2 Å². The Kier molecular flexibility index (Phi) is 3.79. The molecule has 1 atom stereocenters. The van der Waals surface area contributed by atoms with Gasteiger partial charge in [-0.2, -0.15) is 0 Å². The second kappa shape index (κ2) is 5.51. The molecule has 0 aliphatic carbocycles. The molecule has 0 saturated heterocycles. The maximum Gasteiger partial charge on any atom is 0.320 e. The number of hydrogen-bond donors (Lipinski definition) is 1. The molecule has 0 spiro atoms. The molecular formula is C13H14N2O4. The largest absolute Gasteiger partial charge is 0.465 e. The zero-order chi connectivity index (χ0) is 13.8. The minimum atomic E-state index is -0.883. The Morgan fingerprint density at radius 1 is 1.47 bits per heavy atom. The SMILES string of the molecule is CCOC(=O)[C@H](C[N+](=O)[O-])c1c[nH]c2ccccc12. The number of nitrogens with zero attached hydrogens (tertiary/aromatic N) is 1. The van der Waals surface area contributed by atoms with Crippen molar-refractivity contribution in [1.29, 1.82) is 0 Å². The fourth-order valence-electron chi connectivity index (χ4n) is 2.07. The van der Waals surface area contributed by atoms with Gasteiger partial charge < -0.3 is 9.72 Å². The third-order valence-electron chi connectivity index (χ3n) is 2.90. The molecule has 1 aromatic heterocycles. The number of hydrogen-bond acceptors (Lipinski definition) is 4. The van der Waals surface area contributed by atoms with Gasteiger partial charge in [-0.15, -0.1) is 0 Å². The van der Waals surface area contributed by atoms with Gasteiger partial charge in [-0.05, 0) is 18.6 Å². The molecule has 19 heavy (non-hydrogen) atoms. The molecule has 0 radical (unpaired) electrons. The smallest absolute Gasteiger partial charge is 0.320 e. The quantitative estimate of drug-likeness (QED) is 0.508. The highest BCUT2D eigenvalue weighted by molar-refractivity contribution is 5.90. The van der Waals surface area contributed by atoms with Crippen molar-refractivity contribution in [3.63, 3.8) is 0 Å². The zero-order valence-corrected chi connectivity index (χ0v) is 10.5. The van der Waals surface area contributed by atoms with Crippen LogP contribution in [0.2, 0.25) is 0 Å². The van der Waals surface area contributed by atoms with Crippen LogP contribution in [0.15, 0.2) is 30.5 Å². The van der Waals surface area contributed by atoms with Crippen LogP contribution in [0.1, 0.15) is 18.4 Å². The lowest BCUT2D eigenvalue weighted by atomic mass is 9.99. The van der Waals surface area contributed by atoms with E-state index in [2.05, 4.69) is 4.98 Å². The molecule has 0 unspecified atom stereocenters. The Balaban J connectivity index is 2.42. The summed E-state index contributed by atoms with van der Waals surface area (Å²) in [6.07, 6.45) is 1.63. The lowest BCUT2D eigenvalue weighted by Gasteiger charge is -2.10. The molecule has 6 heteroatoms. The number of nitrogens with one attached hydrogen (secondary N) is 1. The standard InChI is InChI=1S/C13H14N2O4/c1-2-19-13(16)11(8-15(17)18)10-7-14-12-6-4-3-5-9(10)12/h3-7,11,14H,2,8H2,1H3/t11-/m1/s1. The lowest BCUT2D eigenvalue weighted by Crippen LogP contribution is -2.23. The van der Waals surface area contributed by atoms with E-state index in [1.54, 1.807) is 13.1 Å². The van der Waals surface area contributed by atoms with Gasteiger partial charge in [0.05, 0.1) is 6.61 Å². The average Bonchev–Trinajstić information content (AvgIpc) is 2.79. The highest BCUT2D eigenvalue weighted by Gasteiger charge is 2.29. The molecular weight excluding hydrogens is 248 g/mol. The summed E-state index contributed by atoms with van der Waals surface area (Å²) in [6.45, 7) is 1.41. The number of esters is 1. The Hall–Kier alpha value is -2.37. The van der Waals surface area contributed by atoms with Crippen LogP contribution in [0.3, 0.4) is 0 Å². The number of ether oxygens (including phenoxy) is 1. The van der Waals surface area contributed by atoms with E-state index >= 15 is 0 Å². The number of rotatable bonds is 5. The Morgan fingerprint density at radius 2 is 2.21 bits per heavy atom. The van der Waals surface area contributed by atoms with E-state index in [1.165, 1.54) is 0 Å². The van der Waals surface area contributed by atoms with E-state index in [1.807, 2.05) is 24.3 Å². The molecule has 100 valence electrons. The summed E-state index contributed by atoms with van der Waals surface area (Å²) in [6, 6.07) is 7.37. The first-order valence-electron chi connectivity index (χ1n) is 5.98. The summed E-state index contributed by atoms with van der Waals surface area (Å²) in [4.78, 5) is 25.1. The first-order valence-corrected chi connectivity index (χ1v) is 5.98. The number of carbonyl (C=O) groups is 1. The van der Waals surface area contributed by atoms with Crippen LogP contribution >= 0.6 is 0 Å². The van der Waals surface area contributed by atoms with E-state index in [0.29, 0.717) is 5.56 Å². The Bertz CT molecular complexity index is 605. The molecule has 0 aliphatic rings. The maximum atomic E-state index is 11.9. The van der Waals surface area contributed by atoms with Gasteiger partial charge in [0.15, 0.2) is 0 Å². The van der Waals surface area contributed by atoms with Crippen LogP contribution in [0, 0.1) is 10.1 Å². The van der Waals surface area contributed by atoms with Crippen molar-refractivity contribution < 1.29 is 14.5 Å². The van der Waals surface area contributed by atoms with Gasteiger partial charge in [0.2, 0.25) is 6.54 Å². The summed E-state index contributed by atoms with van der Waals surface area (Å²) < 4.78 is 4.92. The van der Waals surface area contributed by atoms with Crippen molar-refractivity contribution in [2.24, 2.45) is 0 Å². The fourth-order valence-corrected chi connectivity index (χ4v) is 2.07. The summed E-state index contributed by atoms with van der Waals surface area (Å²) in [5, 5.41) is 11.5. The molecule has 0 amide bonds.